The van der Waals surface area contributed by atoms with Gasteiger partial charge in [0.2, 0.25) is 11.8 Å². The maximum Gasteiger partial charge on any atom is 0.222 e. The fourth-order valence-electron chi connectivity index (χ4n) is 2.26. The molecule has 0 heterocycles. The van der Waals surface area contributed by atoms with E-state index in [1.807, 2.05) is 38.1 Å². The van der Waals surface area contributed by atoms with E-state index in [1.165, 1.54) is 0 Å². The van der Waals surface area contributed by atoms with Gasteiger partial charge in [0.05, 0.1) is 7.11 Å². The lowest BCUT2D eigenvalue weighted by Crippen LogP contribution is -2.39. The van der Waals surface area contributed by atoms with E-state index in [0.29, 0.717) is 19.5 Å². The molecule has 0 bridgehead atoms. The predicted octanol–water partition coefficient (Wildman–Crippen LogP) is 2.35. The van der Waals surface area contributed by atoms with Crippen LogP contribution in [0.5, 0.6) is 5.75 Å². The molecule has 0 aliphatic heterocycles. The topological polar surface area (TPSA) is 58.6 Å². The lowest BCUT2D eigenvalue weighted by Gasteiger charge is -2.27. The highest BCUT2D eigenvalue weighted by atomic mass is 16.5. The molecule has 1 aromatic rings. The molecule has 0 aliphatic carbocycles. The van der Waals surface area contributed by atoms with E-state index in [-0.39, 0.29) is 17.9 Å². The average molecular weight is 306 g/mol. The van der Waals surface area contributed by atoms with Gasteiger partial charge in [-0.25, -0.2) is 0 Å². The maximum absolute atomic E-state index is 12.0. The van der Waals surface area contributed by atoms with Crippen molar-refractivity contribution in [2.45, 2.75) is 46.2 Å². The second kappa shape index (κ2) is 9.07. The van der Waals surface area contributed by atoms with Crippen LogP contribution in [0.4, 0.5) is 0 Å². The summed E-state index contributed by atoms with van der Waals surface area (Å²) >= 11 is 0. The minimum absolute atomic E-state index is 0.00637. The standard InChI is InChI=1S/C17H26N2O3/c1-5-13(2)19(14(3)20)11-10-17(21)18-12-15-8-6-7-9-16(15)22-4/h6-9,13H,5,10-12H2,1-4H3,(H,18,21). The molecule has 1 unspecified atom stereocenters. The highest BCUT2D eigenvalue weighted by molar-refractivity contribution is 5.78. The third-order valence-electron chi connectivity index (χ3n) is 3.78. The Morgan fingerprint density at radius 2 is 2.00 bits per heavy atom. The van der Waals surface area contributed by atoms with Crippen LogP contribution < -0.4 is 10.1 Å². The van der Waals surface area contributed by atoms with Crippen molar-refractivity contribution in [3.05, 3.63) is 29.8 Å². The molecule has 0 radical (unpaired) electrons. The number of ether oxygens (including phenoxy) is 1. The molecule has 0 saturated carbocycles. The lowest BCUT2D eigenvalue weighted by atomic mass is 10.2. The van der Waals surface area contributed by atoms with Gasteiger partial charge in [0.15, 0.2) is 0 Å². The summed E-state index contributed by atoms with van der Waals surface area (Å²) in [4.78, 5) is 25.3. The van der Waals surface area contributed by atoms with Crippen molar-refractivity contribution in [3.63, 3.8) is 0 Å². The van der Waals surface area contributed by atoms with E-state index in [2.05, 4.69) is 5.32 Å². The Morgan fingerprint density at radius 1 is 1.32 bits per heavy atom. The first-order valence-electron chi connectivity index (χ1n) is 7.65. The van der Waals surface area contributed by atoms with Gasteiger partial charge in [-0.15, -0.1) is 0 Å². The number of nitrogens with one attached hydrogen (secondary N) is 1. The summed E-state index contributed by atoms with van der Waals surface area (Å²) < 4.78 is 5.25. The molecule has 22 heavy (non-hydrogen) atoms. The lowest BCUT2D eigenvalue weighted by molar-refractivity contribution is -0.131. The molecular weight excluding hydrogens is 280 g/mol. The van der Waals surface area contributed by atoms with Gasteiger partial charge in [-0.3, -0.25) is 9.59 Å². The van der Waals surface area contributed by atoms with E-state index in [9.17, 15) is 9.59 Å². The van der Waals surface area contributed by atoms with Crippen LogP contribution in [0.2, 0.25) is 0 Å². The Kier molecular flexibility index (Phi) is 7.43. The number of carbonyl (C=O) groups is 2. The zero-order valence-electron chi connectivity index (χ0n) is 13.9. The van der Waals surface area contributed by atoms with Gasteiger partial charge in [-0.1, -0.05) is 25.1 Å². The van der Waals surface area contributed by atoms with Crippen LogP contribution in [0, 0.1) is 0 Å². The molecule has 0 aromatic heterocycles. The van der Waals surface area contributed by atoms with Crippen molar-refractivity contribution >= 4 is 11.8 Å². The maximum atomic E-state index is 12.0. The smallest absolute Gasteiger partial charge is 0.222 e. The zero-order chi connectivity index (χ0) is 16.5. The second-order valence-corrected chi connectivity index (χ2v) is 5.31. The summed E-state index contributed by atoms with van der Waals surface area (Å²) in [5.41, 5.74) is 0.934. The molecule has 1 N–H and O–H groups in total. The van der Waals surface area contributed by atoms with Crippen molar-refractivity contribution in [1.29, 1.82) is 0 Å². The normalized spacial score (nSPS) is 11.6. The van der Waals surface area contributed by atoms with Gasteiger partial charge >= 0.3 is 0 Å². The molecule has 1 aromatic carbocycles. The van der Waals surface area contributed by atoms with Crippen LogP contribution in [0.1, 0.15) is 39.2 Å². The molecule has 0 saturated heterocycles. The number of benzene rings is 1. The Hall–Kier alpha value is -2.04. The molecule has 122 valence electrons. The summed E-state index contributed by atoms with van der Waals surface area (Å²) in [5, 5.41) is 2.87. The van der Waals surface area contributed by atoms with Gasteiger partial charge in [0.1, 0.15) is 5.75 Å². The average Bonchev–Trinajstić information content (AvgIpc) is 2.52. The van der Waals surface area contributed by atoms with Crippen LogP contribution in [0.15, 0.2) is 24.3 Å². The zero-order valence-corrected chi connectivity index (χ0v) is 13.9. The van der Waals surface area contributed by atoms with Crippen molar-refractivity contribution in [2.24, 2.45) is 0 Å². The molecule has 0 aliphatic rings. The Balaban J connectivity index is 2.47. The van der Waals surface area contributed by atoms with Crippen LogP contribution >= 0.6 is 0 Å². The van der Waals surface area contributed by atoms with Gasteiger partial charge in [0, 0.05) is 38.0 Å². The third-order valence-corrected chi connectivity index (χ3v) is 3.78. The molecule has 1 rings (SSSR count). The molecule has 1 atom stereocenters. The van der Waals surface area contributed by atoms with Gasteiger partial charge in [0.25, 0.3) is 0 Å². The molecule has 2 amide bonds. The number of methoxy groups -OCH3 is 1. The Labute approximate surface area is 132 Å². The highest BCUT2D eigenvalue weighted by Crippen LogP contribution is 2.16. The number of rotatable bonds is 8. The third kappa shape index (κ3) is 5.39. The minimum atomic E-state index is -0.0690. The predicted molar refractivity (Wildman–Crippen MR) is 86.6 cm³/mol. The van der Waals surface area contributed by atoms with Crippen molar-refractivity contribution in [3.8, 4) is 5.75 Å². The highest BCUT2D eigenvalue weighted by Gasteiger charge is 2.16. The van der Waals surface area contributed by atoms with Crippen molar-refractivity contribution in [2.75, 3.05) is 13.7 Å². The van der Waals surface area contributed by atoms with Crippen molar-refractivity contribution < 1.29 is 14.3 Å². The second-order valence-electron chi connectivity index (χ2n) is 5.31. The molecule has 5 heteroatoms. The van der Waals surface area contributed by atoms with E-state index in [4.69, 9.17) is 4.74 Å². The Bertz CT molecular complexity index is 502. The van der Waals surface area contributed by atoms with Crippen LogP contribution in [0.3, 0.4) is 0 Å². The van der Waals surface area contributed by atoms with Crippen LogP contribution in [0.25, 0.3) is 0 Å². The molecular formula is C17H26N2O3. The fraction of sp³-hybridized carbons (Fsp3) is 0.529. The van der Waals surface area contributed by atoms with Gasteiger partial charge < -0.3 is 15.0 Å². The van der Waals surface area contributed by atoms with E-state index in [0.717, 1.165) is 17.7 Å². The molecule has 0 spiro atoms. The first-order chi connectivity index (χ1) is 10.5. The summed E-state index contributed by atoms with van der Waals surface area (Å²) in [7, 11) is 1.61. The SMILES string of the molecule is CCC(C)N(CCC(=O)NCc1ccccc1OC)C(C)=O. The summed E-state index contributed by atoms with van der Waals surface area (Å²) in [6, 6.07) is 7.73. The van der Waals surface area contributed by atoms with E-state index in [1.54, 1.807) is 18.9 Å². The van der Waals surface area contributed by atoms with E-state index >= 15 is 0 Å². The van der Waals surface area contributed by atoms with E-state index < -0.39 is 0 Å². The van der Waals surface area contributed by atoms with Crippen LogP contribution in [-0.2, 0) is 16.1 Å². The first-order valence-corrected chi connectivity index (χ1v) is 7.65. The number of para-hydroxylation sites is 1. The monoisotopic (exact) mass is 306 g/mol. The number of hydrogen-bond acceptors (Lipinski definition) is 3. The summed E-state index contributed by atoms with van der Waals surface area (Å²) in [5.74, 6) is 0.695. The summed E-state index contributed by atoms with van der Waals surface area (Å²) in [6.45, 7) is 6.43. The minimum Gasteiger partial charge on any atom is -0.496 e. The van der Waals surface area contributed by atoms with Crippen molar-refractivity contribution in [1.82, 2.24) is 10.2 Å². The largest absolute Gasteiger partial charge is 0.496 e. The molecule has 5 nitrogen and oxygen atoms in total. The molecule has 0 fully saturated rings. The number of amides is 2. The summed E-state index contributed by atoms with van der Waals surface area (Å²) in [6.07, 6.45) is 1.18. The quantitative estimate of drug-likeness (QED) is 0.802. The fourth-order valence-corrected chi connectivity index (χ4v) is 2.26. The number of nitrogens with zero attached hydrogens (tertiary/aromatic N) is 1. The Morgan fingerprint density at radius 3 is 2.59 bits per heavy atom. The van der Waals surface area contributed by atoms with Gasteiger partial charge in [-0.05, 0) is 19.4 Å². The number of hydrogen-bond donors (Lipinski definition) is 1. The number of carbonyl (C=O) groups excluding carboxylic acids is 2. The van der Waals surface area contributed by atoms with Crippen LogP contribution in [-0.4, -0.2) is 36.4 Å². The van der Waals surface area contributed by atoms with Gasteiger partial charge in [-0.2, -0.15) is 0 Å². The first kappa shape index (κ1) is 18.0.